The Labute approximate surface area is 92.9 Å². The largest absolute Gasteiger partial charge is 0.421 e. The highest BCUT2D eigenvalue weighted by Gasteiger charge is 2.51. The number of hydrogen-bond acceptors (Lipinski definition) is 1. The summed E-state index contributed by atoms with van der Waals surface area (Å²) in [5.41, 5.74) is -2.08. The summed E-state index contributed by atoms with van der Waals surface area (Å²) in [5.74, 6) is 0. The number of rotatable bonds is 3. The molecule has 0 radical (unpaired) electrons. The van der Waals surface area contributed by atoms with E-state index in [4.69, 9.17) is 0 Å². The summed E-state index contributed by atoms with van der Waals surface area (Å²) in [5, 5.41) is 9.49. The van der Waals surface area contributed by atoms with E-state index in [-0.39, 0.29) is 5.56 Å². The number of hydrogen-bond donors (Lipinski definition) is 1. The first-order chi connectivity index (χ1) is 7.29. The smallest absolute Gasteiger partial charge is 0.376 e. The zero-order valence-corrected chi connectivity index (χ0v) is 9.30. The highest BCUT2D eigenvalue weighted by molar-refractivity contribution is 5.29. The Bertz CT molecular complexity index is 356. The van der Waals surface area contributed by atoms with Gasteiger partial charge in [-0.05, 0) is 24.5 Å². The maximum absolute atomic E-state index is 12.6. The third kappa shape index (κ3) is 2.55. The SMILES string of the molecule is CCCc1cccc(C(C)(O)C(F)(F)F)c1. The van der Waals surface area contributed by atoms with Crippen molar-refractivity contribution in [2.75, 3.05) is 0 Å². The van der Waals surface area contributed by atoms with Gasteiger partial charge in [0.1, 0.15) is 0 Å². The van der Waals surface area contributed by atoms with Gasteiger partial charge in [-0.25, -0.2) is 0 Å². The van der Waals surface area contributed by atoms with Gasteiger partial charge in [-0.2, -0.15) is 13.2 Å². The van der Waals surface area contributed by atoms with Crippen molar-refractivity contribution >= 4 is 0 Å². The third-order valence-electron chi connectivity index (χ3n) is 2.58. The van der Waals surface area contributed by atoms with Crippen molar-refractivity contribution in [1.82, 2.24) is 0 Å². The van der Waals surface area contributed by atoms with Crippen LogP contribution in [0.4, 0.5) is 13.2 Å². The maximum Gasteiger partial charge on any atom is 0.421 e. The molecule has 0 saturated carbocycles. The lowest BCUT2D eigenvalue weighted by Gasteiger charge is -2.27. The van der Waals surface area contributed by atoms with E-state index in [2.05, 4.69) is 0 Å². The first kappa shape index (κ1) is 13.0. The van der Waals surface area contributed by atoms with E-state index in [1.807, 2.05) is 6.92 Å². The van der Waals surface area contributed by atoms with Gasteiger partial charge in [0.2, 0.25) is 0 Å². The van der Waals surface area contributed by atoms with Crippen LogP contribution in [-0.2, 0) is 12.0 Å². The lowest BCUT2D eigenvalue weighted by atomic mass is 9.93. The monoisotopic (exact) mass is 232 g/mol. The molecule has 1 nitrogen and oxygen atoms in total. The van der Waals surface area contributed by atoms with Gasteiger partial charge >= 0.3 is 6.18 Å². The first-order valence-electron chi connectivity index (χ1n) is 5.17. The molecule has 0 fully saturated rings. The van der Waals surface area contributed by atoms with Gasteiger partial charge in [0.05, 0.1) is 0 Å². The summed E-state index contributed by atoms with van der Waals surface area (Å²) in [6.07, 6.45) is -3.09. The predicted molar refractivity (Wildman–Crippen MR) is 56.1 cm³/mol. The van der Waals surface area contributed by atoms with E-state index >= 15 is 0 Å². The molecule has 1 aromatic carbocycles. The topological polar surface area (TPSA) is 20.2 Å². The number of alkyl halides is 3. The van der Waals surface area contributed by atoms with Crippen LogP contribution in [0.2, 0.25) is 0 Å². The molecule has 0 bridgehead atoms. The summed E-state index contributed by atoms with van der Waals surface area (Å²) in [6, 6.07) is 6.02. The Kier molecular flexibility index (Phi) is 3.63. The van der Waals surface area contributed by atoms with Crippen LogP contribution in [0, 0.1) is 0 Å². The molecule has 4 heteroatoms. The minimum atomic E-state index is -4.65. The van der Waals surface area contributed by atoms with Crippen molar-refractivity contribution in [3.8, 4) is 0 Å². The van der Waals surface area contributed by atoms with E-state index in [9.17, 15) is 18.3 Å². The van der Waals surface area contributed by atoms with Crippen LogP contribution in [0.25, 0.3) is 0 Å². The van der Waals surface area contributed by atoms with Gasteiger partial charge in [0, 0.05) is 0 Å². The summed E-state index contributed by atoms with van der Waals surface area (Å²) in [7, 11) is 0. The van der Waals surface area contributed by atoms with Gasteiger partial charge < -0.3 is 5.11 Å². The number of benzene rings is 1. The predicted octanol–water partition coefficient (Wildman–Crippen LogP) is 3.41. The molecule has 0 spiro atoms. The molecule has 1 rings (SSSR count). The Morgan fingerprint density at radius 1 is 1.25 bits per heavy atom. The molecule has 0 aliphatic rings. The minimum Gasteiger partial charge on any atom is -0.376 e. The van der Waals surface area contributed by atoms with Crippen LogP contribution in [0.5, 0.6) is 0 Å². The summed E-state index contributed by atoms with van der Waals surface area (Å²) in [6.45, 7) is 2.73. The van der Waals surface area contributed by atoms with Crippen LogP contribution in [0.15, 0.2) is 24.3 Å². The number of halogens is 3. The first-order valence-corrected chi connectivity index (χ1v) is 5.17. The van der Waals surface area contributed by atoms with Crippen LogP contribution in [-0.4, -0.2) is 11.3 Å². The Balaban J connectivity index is 3.08. The molecule has 1 atom stereocenters. The van der Waals surface area contributed by atoms with Gasteiger partial charge in [0.25, 0.3) is 0 Å². The summed E-state index contributed by atoms with van der Waals surface area (Å²) < 4.78 is 37.8. The quantitative estimate of drug-likeness (QED) is 0.846. The highest BCUT2D eigenvalue weighted by Crippen LogP contribution is 2.38. The van der Waals surface area contributed by atoms with Gasteiger partial charge in [0.15, 0.2) is 5.60 Å². The van der Waals surface area contributed by atoms with Crippen LogP contribution in [0.3, 0.4) is 0 Å². The van der Waals surface area contributed by atoms with E-state index in [0.29, 0.717) is 6.42 Å². The van der Waals surface area contributed by atoms with Crippen molar-refractivity contribution in [2.45, 2.75) is 38.5 Å². The Morgan fingerprint density at radius 3 is 2.38 bits per heavy atom. The van der Waals surface area contributed by atoms with Gasteiger partial charge in [-0.3, -0.25) is 0 Å². The molecule has 0 aliphatic heterocycles. The molecule has 1 N–H and O–H groups in total. The van der Waals surface area contributed by atoms with E-state index in [1.165, 1.54) is 12.1 Å². The van der Waals surface area contributed by atoms with Crippen molar-refractivity contribution < 1.29 is 18.3 Å². The highest BCUT2D eigenvalue weighted by atomic mass is 19.4. The molecule has 1 aromatic rings. The van der Waals surface area contributed by atoms with E-state index in [1.54, 1.807) is 12.1 Å². The van der Waals surface area contributed by atoms with Crippen LogP contribution in [0.1, 0.15) is 31.4 Å². The van der Waals surface area contributed by atoms with Gasteiger partial charge in [-0.1, -0.05) is 37.6 Å². The second-order valence-electron chi connectivity index (χ2n) is 4.02. The zero-order valence-electron chi connectivity index (χ0n) is 9.30. The fourth-order valence-electron chi connectivity index (χ4n) is 1.48. The van der Waals surface area contributed by atoms with Crippen LogP contribution < -0.4 is 0 Å². The average molecular weight is 232 g/mol. The maximum atomic E-state index is 12.6. The van der Waals surface area contributed by atoms with E-state index < -0.39 is 11.8 Å². The number of aliphatic hydroxyl groups is 1. The van der Waals surface area contributed by atoms with Crippen molar-refractivity contribution in [3.05, 3.63) is 35.4 Å². The molecule has 0 saturated heterocycles. The molecule has 0 aliphatic carbocycles. The van der Waals surface area contributed by atoms with Gasteiger partial charge in [-0.15, -0.1) is 0 Å². The van der Waals surface area contributed by atoms with Crippen molar-refractivity contribution in [2.24, 2.45) is 0 Å². The summed E-state index contributed by atoms with van der Waals surface area (Å²) in [4.78, 5) is 0. The molecular formula is C12H15F3O. The number of aryl methyl sites for hydroxylation is 1. The molecule has 90 valence electrons. The molecule has 0 amide bonds. The van der Waals surface area contributed by atoms with E-state index in [0.717, 1.165) is 18.9 Å². The lowest BCUT2D eigenvalue weighted by molar-refractivity contribution is -0.258. The average Bonchev–Trinajstić information content (AvgIpc) is 2.17. The second-order valence-corrected chi connectivity index (χ2v) is 4.02. The summed E-state index contributed by atoms with van der Waals surface area (Å²) >= 11 is 0. The zero-order chi connectivity index (χ0) is 12.4. The molecule has 0 heterocycles. The fourth-order valence-corrected chi connectivity index (χ4v) is 1.48. The molecule has 16 heavy (non-hydrogen) atoms. The van der Waals surface area contributed by atoms with Crippen molar-refractivity contribution in [3.63, 3.8) is 0 Å². The Hall–Kier alpha value is -1.03. The fraction of sp³-hybridized carbons (Fsp3) is 0.500. The Morgan fingerprint density at radius 2 is 1.88 bits per heavy atom. The third-order valence-corrected chi connectivity index (χ3v) is 2.58. The standard InChI is InChI=1S/C12H15F3O/c1-3-5-9-6-4-7-10(8-9)11(2,16)12(13,14)15/h4,6-8,16H,3,5H2,1-2H3. The molecule has 1 unspecified atom stereocenters. The second kappa shape index (κ2) is 4.45. The molecule has 0 aromatic heterocycles. The van der Waals surface area contributed by atoms with Crippen LogP contribution >= 0.6 is 0 Å². The minimum absolute atomic E-state index is 0.106. The molecular weight excluding hydrogens is 217 g/mol. The lowest BCUT2D eigenvalue weighted by Crippen LogP contribution is -2.39. The normalized spacial score (nSPS) is 15.9. The van der Waals surface area contributed by atoms with Crippen molar-refractivity contribution in [1.29, 1.82) is 0 Å².